The summed E-state index contributed by atoms with van der Waals surface area (Å²) in [5, 5.41) is 4.38. The maximum absolute atomic E-state index is 14.4. The zero-order valence-corrected chi connectivity index (χ0v) is 19.5. The number of carbonyl (C=O) groups is 2. The van der Waals surface area contributed by atoms with Crippen molar-refractivity contribution < 1.29 is 23.1 Å². The van der Waals surface area contributed by atoms with E-state index in [9.17, 15) is 18.4 Å². The number of likely N-dealkylation sites (tertiary alicyclic amines) is 1. The van der Waals surface area contributed by atoms with Crippen molar-refractivity contribution in [1.29, 1.82) is 0 Å². The van der Waals surface area contributed by atoms with Crippen molar-refractivity contribution in [2.24, 2.45) is 0 Å². The van der Waals surface area contributed by atoms with E-state index >= 15 is 0 Å². The molecular weight excluding hydrogens is 464 g/mol. The molecule has 0 saturated carbocycles. The number of H-pyrrole nitrogens is 1. The molecule has 182 valence electrons. The zero-order valence-electron chi connectivity index (χ0n) is 19.5. The predicted octanol–water partition coefficient (Wildman–Crippen LogP) is 4.75. The maximum atomic E-state index is 14.4. The second-order valence-electron chi connectivity index (χ2n) is 9.23. The number of aromatic amines is 1. The van der Waals surface area contributed by atoms with Crippen LogP contribution in [-0.2, 0) is 21.4 Å². The lowest BCUT2D eigenvalue weighted by molar-refractivity contribution is -0.131. The Balaban J connectivity index is 1.50. The Labute approximate surface area is 205 Å². The van der Waals surface area contributed by atoms with Gasteiger partial charge in [0.15, 0.2) is 0 Å². The number of ether oxygens (including phenoxy) is 1. The molecule has 0 unspecified atom stereocenters. The largest absolute Gasteiger partial charge is 0.464 e. The molecule has 4 aromatic rings. The number of hydrogen-bond acceptors (Lipinski definition) is 4. The molecule has 1 fully saturated rings. The SMILES string of the molecule is COC(=O)c1[nH]c2ccccc2c1[C@]12CCN(C(=O)Cc3ccc(F)cc3F)[C@H]1Nc1ccccc12. The van der Waals surface area contributed by atoms with Gasteiger partial charge in [-0.2, -0.15) is 0 Å². The third-order valence-corrected chi connectivity index (χ3v) is 7.44. The van der Waals surface area contributed by atoms with Crippen LogP contribution in [0.15, 0.2) is 66.7 Å². The molecule has 3 heterocycles. The number of aromatic nitrogens is 1. The van der Waals surface area contributed by atoms with E-state index in [-0.39, 0.29) is 17.9 Å². The monoisotopic (exact) mass is 487 g/mol. The van der Waals surface area contributed by atoms with E-state index in [4.69, 9.17) is 4.74 Å². The van der Waals surface area contributed by atoms with Crippen molar-refractivity contribution in [1.82, 2.24) is 9.88 Å². The lowest BCUT2D eigenvalue weighted by atomic mass is 9.72. The van der Waals surface area contributed by atoms with Crippen LogP contribution in [0.25, 0.3) is 10.9 Å². The molecule has 2 atom stereocenters. The number of para-hydroxylation sites is 2. The van der Waals surface area contributed by atoms with Gasteiger partial charge in [-0.1, -0.05) is 42.5 Å². The number of nitrogens with zero attached hydrogens (tertiary/aromatic N) is 1. The molecule has 0 spiro atoms. The van der Waals surface area contributed by atoms with E-state index in [2.05, 4.69) is 10.3 Å². The lowest BCUT2D eigenvalue weighted by Crippen LogP contribution is -2.47. The summed E-state index contributed by atoms with van der Waals surface area (Å²) >= 11 is 0. The number of hydrogen-bond donors (Lipinski definition) is 2. The molecule has 2 aliphatic rings. The van der Waals surface area contributed by atoms with Crippen LogP contribution in [0, 0.1) is 11.6 Å². The van der Waals surface area contributed by atoms with Crippen molar-refractivity contribution in [2.45, 2.75) is 24.4 Å². The number of halogens is 2. The first kappa shape index (κ1) is 22.3. The van der Waals surface area contributed by atoms with Gasteiger partial charge in [0.2, 0.25) is 5.91 Å². The Morgan fingerprint density at radius 3 is 2.67 bits per heavy atom. The van der Waals surface area contributed by atoms with Gasteiger partial charge in [0.1, 0.15) is 23.5 Å². The number of methoxy groups -OCH3 is 1. The molecule has 2 aliphatic heterocycles. The quantitative estimate of drug-likeness (QED) is 0.408. The number of benzene rings is 3. The number of esters is 1. The fourth-order valence-electron chi connectivity index (χ4n) is 5.91. The Bertz CT molecular complexity index is 1530. The number of amides is 1. The molecule has 8 heteroatoms. The topological polar surface area (TPSA) is 74.4 Å². The van der Waals surface area contributed by atoms with Gasteiger partial charge in [-0.15, -0.1) is 0 Å². The van der Waals surface area contributed by atoms with Crippen LogP contribution in [-0.4, -0.2) is 41.6 Å². The Morgan fingerprint density at radius 1 is 1.08 bits per heavy atom. The first-order chi connectivity index (χ1) is 17.4. The molecule has 6 nitrogen and oxygen atoms in total. The number of anilines is 1. The van der Waals surface area contributed by atoms with Crippen LogP contribution in [0.1, 0.15) is 33.6 Å². The number of fused-ring (bicyclic) bond motifs is 4. The van der Waals surface area contributed by atoms with Gasteiger partial charge in [0.25, 0.3) is 0 Å². The molecule has 0 bridgehead atoms. The van der Waals surface area contributed by atoms with Gasteiger partial charge in [0, 0.05) is 34.8 Å². The highest BCUT2D eigenvalue weighted by atomic mass is 19.1. The smallest absolute Gasteiger partial charge is 0.354 e. The molecule has 1 saturated heterocycles. The molecule has 6 rings (SSSR count). The number of rotatable bonds is 4. The van der Waals surface area contributed by atoms with Crippen LogP contribution >= 0.6 is 0 Å². The third kappa shape index (κ3) is 3.13. The maximum Gasteiger partial charge on any atom is 0.354 e. The van der Waals surface area contributed by atoms with E-state index in [1.54, 1.807) is 4.90 Å². The summed E-state index contributed by atoms with van der Waals surface area (Å²) in [6, 6.07) is 18.7. The number of nitrogens with one attached hydrogen (secondary N) is 2. The van der Waals surface area contributed by atoms with Crippen LogP contribution in [0.5, 0.6) is 0 Å². The van der Waals surface area contributed by atoms with E-state index in [0.717, 1.165) is 39.8 Å². The summed E-state index contributed by atoms with van der Waals surface area (Å²) in [5.41, 5.74) is 3.16. The van der Waals surface area contributed by atoms with E-state index in [1.807, 2.05) is 48.5 Å². The van der Waals surface area contributed by atoms with Crippen LogP contribution in [0.2, 0.25) is 0 Å². The molecule has 1 amide bonds. The van der Waals surface area contributed by atoms with Gasteiger partial charge in [-0.3, -0.25) is 4.79 Å². The van der Waals surface area contributed by atoms with E-state index in [1.165, 1.54) is 13.2 Å². The first-order valence-corrected chi connectivity index (χ1v) is 11.7. The van der Waals surface area contributed by atoms with Crippen LogP contribution in [0.3, 0.4) is 0 Å². The summed E-state index contributed by atoms with van der Waals surface area (Å²) in [7, 11) is 1.34. The fourth-order valence-corrected chi connectivity index (χ4v) is 5.91. The average Bonchev–Trinajstić information content (AvgIpc) is 3.53. The van der Waals surface area contributed by atoms with Crippen molar-refractivity contribution in [3.63, 3.8) is 0 Å². The predicted molar refractivity (Wildman–Crippen MR) is 131 cm³/mol. The highest BCUT2D eigenvalue weighted by molar-refractivity contribution is 6.00. The molecule has 1 aromatic heterocycles. The third-order valence-electron chi connectivity index (χ3n) is 7.44. The summed E-state index contributed by atoms with van der Waals surface area (Å²) in [4.78, 5) is 31.4. The first-order valence-electron chi connectivity index (χ1n) is 11.7. The van der Waals surface area contributed by atoms with Crippen molar-refractivity contribution >= 4 is 28.5 Å². The van der Waals surface area contributed by atoms with Gasteiger partial charge in [0.05, 0.1) is 18.9 Å². The highest BCUT2D eigenvalue weighted by Gasteiger charge is 2.58. The minimum atomic E-state index is -0.749. The van der Waals surface area contributed by atoms with Crippen molar-refractivity contribution in [3.8, 4) is 0 Å². The molecule has 2 N–H and O–H groups in total. The minimum absolute atomic E-state index is 0.136. The summed E-state index contributed by atoms with van der Waals surface area (Å²) in [6.45, 7) is 0.397. The lowest BCUT2D eigenvalue weighted by Gasteiger charge is -2.33. The van der Waals surface area contributed by atoms with Gasteiger partial charge in [-0.25, -0.2) is 13.6 Å². The van der Waals surface area contributed by atoms with Crippen molar-refractivity contribution in [2.75, 3.05) is 19.0 Å². The second kappa shape index (κ2) is 8.19. The van der Waals surface area contributed by atoms with Gasteiger partial charge < -0.3 is 19.9 Å². The fraction of sp³-hybridized carbons (Fsp3) is 0.214. The summed E-state index contributed by atoms with van der Waals surface area (Å²) in [6.07, 6.45) is -0.159. The molecular formula is C28H23F2N3O3. The Kier molecular flexibility index (Phi) is 5.07. The molecule has 36 heavy (non-hydrogen) atoms. The van der Waals surface area contributed by atoms with Crippen molar-refractivity contribution in [3.05, 3.63) is 101 Å². The van der Waals surface area contributed by atoms with Crippen LogP contribution < -0.4 is 5.32 Å². The number of carbonyl (C=O) groups excluding carboxylic acids is 2. The van der Waals surface area contributed by atoms with Gasteiger partial charge >= 0.3 is 5.97 Å². The average molecular weight is 488 g/mol. The highest BCUT2D eigenvalue weighted by Crippen LogP contribution is 2.55. The summed E-state index contributed by atoms with van der Waals surface area (Å²) < 4.78 is 32.9. The van der Waals surface area contributed by atoms with Gasteiger partial charge in [-0.05, 0) is 35.7 Å². The molecule has 3 aromatic carbocycles. The normalized spacial score (nSPS) is 20.2. The zero-order chi connectivity index (χ0) is 25.0. The van der Waals surface area contributed by atoms with Crippen LogP contribution in [0.4, 0.5) is 14.5 Å². The minimum Gasteiger partial charge on any atom is -0.464 e. The molecule has 0 aliphatic carbocycles. The summed E-state index contributed by atoms with van der Waals surface area (Å²) in [5.74, 6) is -2.21. The molecule has 0 radical (unpaired) electrons. The standard InChI is InChI=1S/C28H23F2N3O3/c1-36-26(35)25-24(18-6-2-4-8-21(18)31-25)28-12-13-33(27(28)32-22-9-5-3-7-19(22)28)23(34)14-16-10-11-17(29)15-20(16)30/h2-11,15,27,31-32H,12-14H2,1H3/t27-,28-/m1/s1. The van der Waals surface area contributed by atoms with E-state index < -0.39 is 29.2 Å². The Morgan fingerprint density at radius 2 is 1.86 bits per heavy atom. The Hall–Kier alpha value is -4.20. The van der Waals surface area contributed by atoms with E-state index in [0.29, 0.717) is 18.7 Å². The second-order valence-corrected chi connectivity index (χ2v) is 9.23.